The van der Waals surface area contributed by atoms with E-state index in [0.717, 1.165) is 12.2 Å². The quantitative estimate of drug-likeness (QED) is 0.751. The predicted octanol–water partition coefficient (Wildman–Crippen LogP) is 1.68. The topological polar surface area (TPSA) is 50.9 Å². The van der Waals surface area contributed by atoms with E-state index >= 15 is 0 Å². The molecule has 1 aromatic rings. The lowest BCUT2D eigenvalue weighted by atomic mass is 9.91. The number of hydrogen-bond donors (Lipinski definition) is 2. The first-order valence-electron chi connectivity index (χ1n) is 4.85. The Balaban J connectivity index is 3.07. The summed E-state index contributed by atoms with van der Waals surface area (Å²) < 4.78 is 0. The van der Waals surface area contributed by atoms with Crippen molar-refractivity contribution >= 4 is 5.82 Å². The Labute approximate surface area is 85.7 Å². The fraction of sp³-hybridized carbons (Fsp3) is 0.545. The molecule has 1 heterocycles. The van der Waals surface area contributed by atoms with Crippen molar-refractivity contribution in [2.45, 2.75) is 32.7 Å². The Morgan fingerprint density at radius 2 is 2.00 bits per heavy atom. The van der Waals surface area contributed by atoms with E-state index in [4.69, 9.17) is 5.73 Å². The molecule has 0 saturated carbocycles. The molecule has 0 unspecified atom stereocenters. The van der Waals surface area contributed by atoms with Crippen LogP contribution in [0.25, 0.3) is 0 Å². The number of nitrogens with zero attached hydrogens (tertiary/aromatic N) is 1. The SMILES string of the molecule is CNCc1cc(N)nc(C(C)(C)C)c1. The molecular weight excluding hydrogens is 174 g/mol. The van der Waals surface area contributed by atoms with E-state index in [0.29, 0.717) is 5.82 Å². The Morgan fingerprint density at radius 1 is 1.36 bits per heavy atom. The van der Waals surface area contributed by atoms with Gasteiger partial charge in [0.15, 0.2) is 0 Å². The molecule has 0 aromatic carbocycles. The minimum absolute atomic E-state index is 0.0534. The van der Waals surface area contributed by atoms with Gasteiger partial charge in [-0.05, 0) is 24.7 Å². The van der Waals surface area contributed by atoms with Crippen molar-refractivity contribution < 1.29 is 0 Å². The molecule has 3 heteroatoms. The van der Waals surface area contributed by atoms with Gasteiger partial charge in [0.25, 0.3) is 0 Å². The third-order valence-electron chi connectivity index (χ3n) is 2.05. The number of aromatic nitrogens is 1. The highest BCUT2D eigenvalue weighted by Crippen LogP contribution is 2.22. The van der Waals surface area contributed by atoms with Crippen LogP contribution in [0.2, 0.25) is 0 Å². The van der Waals surface area contributed by atoms with Crippen LogP contribution in [0.3, 0.4) is 0 Å². The van der Waals surface area contributed by atoms with Crippen LogP contribution in [0.4, 0.5) is 5.82 Å². The van der Waals surface area contributed by atoms with E-state index in [1.165, 1.54) is 5.56 Å². The van der Waals surface area contributed by atoms with Crippen molar-refractivity contribution in [1.29, 1.82) is 0 Å². The molecule has 0 spiro atoms. The summed E-state index contributed by atoms with van der Waals surface area (Å²) in [6.07, 6.45) is 0. The standard InChI is InChI=1S/C11H19N3/c1-11(2,3)9-5-8(7-13-4)6-10(12)14-9/h5-6,13H,7H2,1-4H3,(H2,12,14). The molecule has 1 aromatic heterocycles. The number of anilines is 1. The predicted molar refractivity (Wildman–Crippen MR) is 60.1 cm³/mol. The Morgan fingerprint density at radius 3 is 2.50 bits per heavy atom. The summed E-state index contributed by atoms with van der Waals surface area (Å²) in [5, 5.41) is 3.11. The summed E-state index contributed by atoms with van der Waals surface area (Å²) in [6.45, 7) is 7.24. The zero-order valence-electron chi connectivity index (χ0n) is 9.39. The van der Waals surface area contributed by atoms with Crippen molar-refractivity contribution in [3.8, 4) is 0 Å². The molecule has 0 bridgehead atoms. The Hall–Kier alpha value is -1.09. The van der Waals surface area contributed by atoms with E-state index in [1.54, 1.807) is 0 Å². The Kier molecular flexibility index (Phi) is 3.11. The summed E-state index contributed by atoms with van der Waals surface area (Å²) in [7, 11) is 1.92. The molecule has 3 N–H and O–H groups in total. The normalized spacial score (nSPS) is 11.7. The molecule has 0 saturated heterocycles. The minimum Gasteiger partial charge on any atom is -0.384 e. The van der Waals surface area contributed by atoms with Crippen LogP contribution in [-0.2, 0) is 12.0 Å². The summed E-state index contributed by atoms with van der Waals surface area (Å²) in [6, 6.07) is 4.01. The molecule has 0 aliphatic heterocycles. The molecule has 0 fully saturated rings. The summed E-state index contributed by atoms with van der Waals surface area (Å²) in [5.74, 6) is 0.600. The Bertz CT molecular complexity index is 313. The van der Waals surface area contributed by atoms with E-state index in [1.807, 2.05) is 13.1 Å². The maximum Gasteiger partial charge on any atom is 0.123 e. The highest BCUT2D eigenvalue weighted by atomic mass is 14.9. The zero-order valence-corrected chi connectivity index (χ0v) is 9.39. The average Bonchev–Trinajstić information content (AvgIpc) is 2.02. The van der Waals surface area contributed by atoms with E-state index < -0.39 is 0 Å². The second kappa shape index (κ2) is 3.96. The minimum atomic E-state index is 0.0534. The largest absolute Gasteiger partial charge is 0.384 e. The van der Waals surface area contributed by atoms with Crippen LogP contribution in [0.1, 0.15) is 32.0 Å². The number of nitrogens with two attached hydrogens (primary N) is 1. The van der Waals surface area contributed by atoms with Gasteiger partial charge in [0.1, 0.15) is 5.82 Å². The van der Waals surface area contributed by atoms with Crippen LogP contribution >= 0.6 is 0 Å². The van der Waals surface area contributed by atoms with Gasteiger partial charge in [-0.25, -0.2) is 4.98 Å². The second-order valence-corrected chi connectivity index (χ2v) is 4.57. The lowest BCUT2D eigenvalue weighted by Gasteiger charge is -2.19. The molecule has 0 aliphatic rings. The third-order valence-corrected chi connectivity index (χ3v) is 2.05. The zero-order chi connectivity index (χ0) is 10.8. The van der Waals surface area contributed by atoms with Crippen LogP contribution in [-0.4, -0.2) is 12.0 Å². The fourth-order valence-corrected chi connectivity index (χ4v) is 1.30. The van der Waals surface area contributed by atoms with Crippen LogP contribution in [0.15, 0.2) is 12.1 Å². The van der Waals surface area contributed by atoms with Gasteiger partial charge in [-0.15, -0.1) is 0 Å². The van der Waals surface area contributed by atoms with Crippen LogP contribution in [0, 0.1) is 0 Å². The van der Waals surface area contributed by atoms with E-state index in [9.17, 15) is 0 Å². The first kappa shape index (κ1) is 11.0. The second-order valence-electron chi connectivity index (χ2n) is 4.57. The molecule has 0 amide bonds. The molecule has 0 atom stereocenters. The molecule has 0 aliphatic carbocycles. The molecule has 14 heavy (non-hydrogen) atoms. The maximum atomic E-state index is 5.75. The van der Waals surface area contributed by atoms with E-state index in [-0.39, 0.29) is 5.41 Å². The van der Waals surface area contributed by atoms with Gasteiger partial charge in [0, 0.05) is 17.7 Å². The van der Waals surface area contributed by atoms with Crippen molar-refractivity contribution in [3.63, 3.8) is 0 Å². The van der Waals surface area contributed by atoms with Gasteiger partial charge in [0.2, 0.25) is 0 Å². The molecule has 3 nitrogen and oxygen atoms in total. The number of hydrogen-bond acceptors (Lipinski definition) is 3. The lowest BCUT2D eigenvalue weighted by Crippen LogP contribution is -2.16. The average molecular weight is 193 g/mol. The number of rotatable bonds is 2. The first-order valence-corrected chi connectivity index (χ1v) is 4.85. The van der Waals surface area contributed by atoms with Crippen LogP contribution < -0.4 is 11.1 Å². The third kappa shape index (κ3) is 2.70. The van der Waals surface area contributed by atoms with Crippen molar-refractivity contribution in [2.24, 2.45) is 0 Å². The highest BCUT2D eigenvalue weighted by Gasteiger charge is 2.16. The van der Waals surface area contributed by atoms with Crippen LogP contribution in [0.5, 0.6) is 0 Å². The smallest absolute Gasteiger partial charge is 0.123 e. The number of pyridine rings is 1. The monoisotopic (exact) mass is 193 g/mol. The first-order chi connectivity index (χ1) is 6.43. The summed E-state index contributed by atoms with van der Waals surface area (Å²) >= 11 is 0. The summed E-state index contributed by atoms with van der Waals surface area (Å²) in [5.41, 5.74) is 8.03. The van der Waals surface area contributed by atoms with Gasteiger partial charge < -0.3 is 11.1 Å². The van der Waals surface area contributed by atoms with Crippen molar-refractivity contribution in [1.82, 2.24) is 10.3 Å². The van der Waals surface area contributed by atoms with E-state index in [2.05, 4.69) is 37.1 Å². The van der Waals surface area contributed by atoms with Crippen molar-refractivity contribution in [3.05, 3.63) is 23.4 Å². The van der Waals surface area contributed by atoms with Gasteiger partial charge in [-0.2, -0.15) is 0 Å². The maximum absolute atomic E-state index is 5.75. The highest BCUT2D eigenvalue weighted by molar-refractivity contribution is 5.36. The molecule has 0 radical (unpaired) electrons. The molecular formula is C11H19N3. The van der Waals surface area contributed by atoms with Crippen molar-refractivity contribution in [2.75, 3.05) is 12.8 Å². The summed E-state index contributed by atoms with van der Waals surface area (Å²) in [4.78, 5) is 4.34. The number of nitrogen functional groups attached to an aromatic ring is 1. The van der Waals surface area contributed by atoms with Gasteiger partial charge in [0.05, 0.1) is 0 Å². The number of nitrogens with one attached hydrogen (secondary N) is 1. The molecule has 78 valence electrons. The molecule has 1 rings (SSSR count). The van der Waals surface area contributed by atoms with Gasteiger partial charge in [-0.3, -0.25) is 0 Å². The van der Waals surface area contributed by atoms with Gasteiger partial charge in [-0.1, -0.05) is 20.8 Å². The van der Waals surface area contributed by atoms with Gasteiger partial charge >= 0.3 is 0 Å². The fourth-order valence-electron chi connectivity index (χ4n) is 1.30. The lowest BCUT2D eigenvalue weighted by molar-refractivity contribution is 0.568.